The molecule has 80 valence electrons. The average Bonchev–Trinajstić information content (AvgIpc) is 2.18. The summed E-state index contributed by atoms with van der Waals surface area (Å²) in [6.07, 6.45) is 3.83. The first-order valence-corrected chi connectivity index (χ1v) is 4.89. The average molecular weight is 271 g/mol. The fraction of sp³-hybridized carbons (Fsp3) is 0.182. The summed E-state index contributed by atoms with van der Waals surface area (Å²) in [4.78, 5) is 16.2. The van der Waals surface area contributed by atoms with Crippen LogP contribution in [0.1, 0.15) is 11.1 Å². The number of halogens is 1. The molecular formula is C11H11BrO3. The van der Waals surface area contributed by atoms with Crippen LogP contribution < -0.4 is 0 Å². The molecule has 0 unspecified atom stereocenters. The van der Waals surface area contributed by atoms with Crippen LogP contribution in [0.25, 0.3) is 6.08 Å². The predicted octanol–water partition coefficient (Wildman–Crippen LogP) is 2.79. The van der Waals surface area contributed by atoms with Crippen molar-refractivity contribution in [2.75, 3.05) is 7.11 Å². The maximum atomic E-state index is 8.12. The van der Waals surface area contributed by atoms with E-state index >= 15 is 0 Å². The van der Waals surface area contributed by atoms with Gasteiger partial charge in [-0.3, -0.25) is 0 Å². The molecule has 0 saturated heterocycles. The van der Waals surface area contributed by atoms with Crippen molar-refractivity contribution in [1.29, 1.82) is 0 Å². The van der Waals surface area contributed by atoms with Crippen molar-refractivity contribution in [3.63, 3.8) is 0 Å². The lowest BCUT2D eigenvalue weighted by molar-refractivity contribution is -0.191. The van der Waals surface area contributed by atoms with E-state index < -0.39 is 0 Å². The van der Waals surface area contributed by atoms with Gasteiger partial charge in [-0.1, -0.05) is 28.1 Å². The zero-order chi connectivity index (χ0) is 11.7. The number of aryl methyl sites for hydroxylation is 1. The number of hydrogen-bond acceptors (Lipinski definition) is 3. The Kier molecular flexibility index (Phi) is 7.24. The Hall–Kier alpha value is -1.38. The Morgan fingerprint density at radius 2 is 2.00 bits per heavy atom. The van der Waals surface area contributed by atoms with E-state index in [4.69, 9.17) is 14.3 Å². The third kappa shape index (κ3) is 5.83. The van der Waals surface area contributed by atoms with E-state index in [-0.39, 0.29) is 6.15 Å². The van der Waals surface area contributed by atoms with Crippen LogP contribution in [0.15, 0.2) is 28.9 Å². The highest BCUT2D eigenvalue weighted by molar-refractivity contribution is 9.10. The lowest BCUT2D eigenvalue weighted by Gasteiger charge is -1.99. The minimum atomic E-state index is 0.250. The molecule has 1 aromatic carbocycles. The van der Waals surface area contributed by atoms with Crippen LogP contribution in [0.5, 0.6) is 0 Å². The summed E-state index contributed by atoms with van der Waals surface area (Å²) in [6, 6.07) is 6.20. The molecular weight excluding hydrogens is 260 g/mol. The molecule has 0 bridgehead atoms. The molecule has 0 spiro atoms. The van der Waals surface area contributed by atoms with Crippen molar-refractivity contribution in [2.24, 2.45) is 0 Å². The molecule has 3 nitrogen and oxygen atoms in total. The van der Waals surface area contributed by atoms with E-state index in [1.807, 2.05) is 6.08 Å². The minimum absolute atomic E-state index is 0.250. The standard InChI is InChI=1S/C10H11BrO.CO2/c1-8-3-4-9(5-6-12-2)10(11)7-8;2-1-3/h3-7H,1-2H3;. The normalized spacial score (nSPS) is 9.00. The summed E-state index contributed by atoms with van der Waals surface area (Å²) in [5.74, 6) is 0. The van der Waals surface area contributed by atoms with Crippen LogP contribution >= 0.6 is 15.9 Å². The van der Waals surface area contributed by atoms with E-state index in [1.54, 1.807) is 13.4 Å². The molecule has 0 aliphatic carbocycles. The first-order chi connectivity index (χ1) is 7.15. The van der Waals surface area contributed by atoms with Gasteiger partial charge in [0.1, 0.15) is 0 Å². The van der Waals surface area contributed by atoms with E-state index in [1.165, 1.54) is 5.56 Å². The van der Waals surface area contributed by atoms with Crippen molar-refractivity contribution in [3.05, 3.63) is 40.1 Å². The molecule has 0 saturated carbocycles. The second kappa shape index (κ2) is 7.97. The Bertz CT molecular complexity index is 366. The quantitative estimate of drug-likeness (QED) is 0.777. The Morgan fingerprint density at radius 3 is 2.47 bits per heavy atom. The third-order valence-electron chi connectivity index (χ3n) is 1.54. The van der Waals surface area contributed by atoms with E-state index in [9.17, 15) is 0 Å². The number of hydrogen-bond donors (Lipinski definition) is 0. The SMILES string of the molecule is COC=Cc1ccc(C)cc1Br.O=C=O. The number of rotatable bonds is 2. The van der Waals surface area contributed by atoms with Gasteiger partial charge in [0.25, 0.3) is 0 Å². The molecule has 0 aromatic heterocycles. The summed E-state index contributed by atoms with van der Waals surface area (Å²) >= 11 is 3.47. The molecule has 0 aliphatic heterocycles. The predicted molar refractivity (Wildman–Crippen MR) is 59.9 cm³/mol. The summed E-state index contributed by atoms with van der Waals surface area (Å²) < 4.78 is 5.92. The first-order valence-electron chi connectivity index (χ1n) is 4.10. The smallest absolute Gasteiger partial charge is 0.373 e. The fourth-order valence-corrected chi connectivity index (χ4v) is 1.53. The summed E-state index contributed by atoms with van der Waals surface area (Å²) in [7, 11) is 1.64. The van der Waals surface area contributed by atoms with Crippen molar-refractivity contribution < 1.29 is 14.3 Å². The summed E-state index contributed by atoms with van der Waals surface area (Å²) in [5, 5.41) is 0. The molecule has 0 radical (unpaired) electrons. The molecule has 0 fully saturated rings. The molecule has 0 heterocycles. The summed E-state index contributed by atoms with van der Waals surface area (Å²) in [6.45, 7) is 2.06. The fourth-order valence-electron chi connectivity index (χ4n) is 0.909. The van der Waals surface area contributed by atoms with E-state index in [2.05, 4.69) is 41.1 Å². The van der Waals surface area contributed by atoms with Crippen LogP contribution in [-0.2, 0) is 14.3 Å². The van der Waals surface area contributed by atoms with Gasteiger partial charge < -0.3 is 4.74 Å². The van der Waals surface area contributed by atoms with E-state index in [0.29, 0.717) is 0 Å². The monoisotopic (exact) mass is 270 g/mol. The second-order valence-corrected chi connectivity index (χ2v) is 3.50. The van der Waals surface area contributed by atoms with Crippen LogP contribution in [-0.4, -0.2) is 13.3 Å². The maximum Gasteiger partial charge on any atom is 0.373 e. The van der Waals surface area contributed by atoms with Gasteiger partial charge in [0.15, 0.2) is 0 Å². The second-order valence-electron chi connectivity index (χ2n) is 2.65. The highest BCUT2D eigenvalue weighted by atomic mass is 79.9. The number of ether oxygens (including phenoxy) is 1. The lowest BCUT2D eigenvalue weighted by Crippen LogP contribution is -1.78. The zero-order valence-corrected chi connectivity index (χ0v) is 10.1. The third-order valence-corrected chi connectivity index (χ3v) is 2.23. The molecule has 0 aliphatic rings. The molecule has 4 heteroatoms. The number of methoxy groups -OCH3 is 1. The molecule has 15 heavy (non-hydrogen) atoms. The van der Waals surface area contributed by atoms with Crippen LogP contribution in [0, 0.1) is 6.92 Å². The van der Waals surface area contributed by atoms with Crippen LogP contribution in [0.3, 0.4) is 0 Å². The van der Waals surface area contributed by atoms with Gasteiger partial charge >= 0.3 is 6.15 Å². The topological polar surface area (TPSA) is 43.4 Å². The Labute approximate surface area is 96.9 Å². The van der Waals surface area contributed by atoms with Gasteiger partial charge in [0.2, 0.25) is 0 Å². The van der Waals surface area contributed by atoms with Gasteiger partial charge in [0.05, 0.1) is 13.4 Å². The van der Waals surface area contributed by atoms with Gasteiger partial charge in [-0.15, -0.1) is 0 Å². The zero-order valence-electron chi connectivity index (χ0n) is 8.49. The molecule has 1 aromatic rings. The first kappa shape index (κ1) is 13.6. The summed E-state index contributed by atoms with van der Waals surface area (Å²) in [5.41, 5.74) is 2.37. The van der Waals surface area contributed by atoms with Crippen LogP contribution in [0.2, 0.25) is 0 Å². The lowest BCUT2D eigenvalue weighted by atomic mass is 10.1. The molecule has 0 atom stereocenters. The number of carbonyl (C=O) groups excluding carboxylic acids is 2. The molecule has 1 rings (SSSR count). The maximum absolute atomic E-state index is 8.12. The van der Waals surface area contributed by atoms with Crippen molar-refractivity contribution in [1.82, 2.24) is 0 Å². The van der Waals surface area contributed by atoms with Gasteiger partial charge in [0, 0.05) is 4.47 Å². The van der Waals surface area contributed by atoms with Gasteiger partial charge in [-0.25, -0.2) is 0 Å². The van der Waals surface area contributed by atoms with Crippen molar-refractivity contribution in [3.8, 4) is 0 Å². The Balaban J connectivity index is 0.000000583. The van der Waals surface area contributed by atoms with Gasteiger partial charge in [-0.2, -0.15) is 9.59 Å². The minimum Gasteiger partial charge on any atom is -0.504 e. The van der Waals surface area contributed by atoms with E-state index in [0.717, 1.165) is 10.0 Å². The van der Waals surface area contributed by atoms with Gasteiger partial charge in [-0.05, 0) is 30.2 Å². The number of benzene rings is 1. The molecule has 0 N–H and O–H groups in total. The highest BCUT2D eigenvalue weighted by Gasteiger charge is 1.94. The van der Waals surface area contributed by atoms with Crippen molar-refractivity contribution in [2.45, 2.75) is 6.92 Å². The largest absolute Gasteiger partial charge is 0.504 e. The van der Waals surface area contributed by atoms with Crippen molar-refractivity contribution >= 4 is 28.2 Å². The van der Waals surface area contributed by atoms with Crippen LogP contribution in [0.4, 0.5) is 0 Å². The highest BCUT2D eigenvalue weighted by Crippen LogP contribution is 2.19. The molecule has 0 amide bonds. The Morgan fingerprint density at radius 1 is 1.40 bits per heavy atom.